The number of carbonyl (C=O) groups excluding carboxylic acids is 1. The van der Waals surface area contributed by atoms with Crippen LogP contribution in [-0.4, -0.2) is 17.7 Å². The van der Waals surface area contributed by atoms with Crippen LogP contribution in [0.5, 0.6) is 5.75 Å². The van der Waals surface area contributed by atoms with E-state index in [0.29, 0.717) is 17.3 Å². The topological polar surface area (TPSA) is 81.3 Å². The molecule has 4 aromatic rings. The number of rotatable bonds is 6. The van der Waals surface area contributed by atoms with Crippen molar-refractivity contribution in [2.24, 2.45) is 0 Å². The van der Waals surface area contributed by atoms with Gasteiger partial charge in [0, 0.05) is 34.9 Å². The summed E-state index contributed by atoms with van der Waals surface area (Å²) < 4.78 is 7.57. The van der Waals surface area contributed by atoms with Crippen LogP contribution in [0.3, 0.4) is 0 Å². The minimum absolute atomic E-state index is 0.293. The minimum atomic E-state index is -0.293. The molecular formula is C27H30N4O2. The Balaban J connectivity index is 1.60. The summed E-state index contributed by atoms with van der Waals surface area (Å²) in [5, 5.41) is 6.80. The monoisotopic (exact) mass is 442 g/mol. The van der Waals surface area contributed by atoms with Gasteiger partial charge in [-0.3, -0.25) is 0 Å². The highest BCUT2D eigenvalue weighted by Gasteiger charge is 2.17. The number of nitrogens with two attached hydrogens (primary N) is 1. The average Bonchev–Trinajstić information content (AvgIpc) is 3.10. The lowest BCUT2D eigenvalue weighted by Gasteiger charge is -2.12. The van der Waals surface area contributed by atoms with E-state index >= 15 is 0 Å². The molecule has 1 aromatic heterocycles. The molecule has 1 heterocycles. The van der Waals surface area contributed by atoms with Crippen LogP contribution in [0.25, 0.3) is 22.2 Å². The predicted octanol–water partition coefficient (Wildman–Crippen LogP) is 6.69. The van der Waals surface area contributed by atoms with Crippen molar-refractivity contribution in [3.05, 3.63) is 72.3 Å². The zero-order chi connectivity index (χ0) is 23.5. The molecule has 4 rings (SSSR count). The quantitative estimate of drug-likeness (QED) is 0.311. The second-order valence-electron chi connectivity index (χ2n) is 8.33. The number of ether oxygens (including phenoxy) is 1. The van der Waals surface area contributed by atoms with Crippen LogP contribution >= 0.6 is 0 Å². The van der Waals surface area contributed by atoms with E-state index in [-0.39, 0.29) is 6.03 Å². The molecule has 3 aromatic carbocycles. The van der Waals surface area contributed by atoms with E-state index in [1.807, 2.05) is 66.7 Å². The maximum Gasteiger partial charge on any atom is 0.323 e. The molecule has 2 amide bonds. The zero-order valence-electron chi connectivity index (χ0n) is 19.5. The van der Waals surface area contributed by atoms with E-state index < -0.39 is 0 Å². The highest BCUT2D eigenvalue weighted by Crippen LogP contribution is 2.38. The Morgan fingerprint density at radius 3 is 2.39 bits per heavy atom. The van der Waals surface area contributed by atoms with Crippen LogP contribution < -0.4 is 21.1 Å². The van der Waals surface area contributed by atoms with Gasteiger partial charge in [0.05, 0.1) is 24.0 Å². The van der Waals surface area contributed by atoms with Crippen LogP contribution in [0.4, 0.5) is 21.9 Å². The van der Waals surface area contributed by atoms with Gasteiger partial charge in [0.15, 0.2) is 0 Å². The summed E-state index contributed by atoms with van der Waals surface area (Å²) in [4.78, 5) is 12.6. The normalized spacial score (nSPS) is 11.1. The number of aromatic nitrogens is 1. The Bertz CT molecular complexity index is 1290. The van der Waals surface area contributed by atoms with Gasteiger partial charge in [-0.15, -0.1) is 0 Å². The van der Waals surface area contributed by atoms with E-state index in [4.69, 9.17) is 10.5 Å². The second-order valence-corrected chi connectivity index (χ2v) is 8.33. The van der Waals surface area contributed by atoms with Gasteiger partial charge in [0.1, 0.15) is 5.75 Å². The fraction of sp³-hybridized carbons (Fsp3) is 0.222. The molecule has 0 aliphatic carbocycles. The smallest absolute Gasteiger partial charge is 0.323 e. The number of hydrogen-bond donors (Lipinski definition) is 3. The van der Waals surface area contributed by atoms with Gasteiger partial charge < -0.3 is 25.7 Å². The molecule has 170 valence electrons. The molecular weight excluding hydrogens is 412 g/mol. The predicted molar refractivity (Wildman–Crippen MR) is 137 cm³/mol. The molecule has 0 aliphatic rings. The van der Waals surface area contributed by atoms with Gasteiger partial charge in [-0.1, -0.05) is 38.1 Å². The third-order valence-corrected chi connectivity index (χ3v) is 5.86. The molecule has 4 N–H and O–H groups in total. The largest absolute Gasteiger partial charge is 0.497 e. The summed E-state index contributed by atoms with van der Waals surface area (Å²) in [6, 6.07) is 21.2. The van der Waals surface area contributed by atoms with Crippen molar-refractivity contribution in [2.75, 3.05) is 23.5 Å². The van der Waals surface area contributed by atoms with Gasteiger partial charge in [-0.2, -0.15) is 0 Å². The van der Waals surface area contributed by atoms with Crippen molar-refractivity contribution in [1.82, 2.24) is 4.57 Å². The number of methoxy groups -OCH3 is 1. The second kappa shape index (κ2) is 9.28. The van der Waals surface area contributed by atoms with Crippen molar-refractivity contribution in [3.63, 3.8) is 0 Å². The summed E-state index contributed by atoms with van der Waals surface area (Å²) in [5.74, 6) is 1.23. The lowest BCUT2D eigenvalue weighted by Crippen LogP contribution is -2.19. The van der Waals surface area contributed by atoms with Crippen LogP contribution in [-0.2, 0) is 6.54 Å². The third-order valence-electron chi connectivity index (χ3n) is 5.86. The number of benzene rings is 3. The van der Waals surface area contributed by atoms with Crippen molar-refractivity contribution < 1.29 is 9.53 Å². The molecule has 0 radical (unpaired) electrons. The summed E-state index contributed by atoms with van der Waals surface area (Å²) in [5.41, 5.74) is 12.8. The number of hydrogen-bond acceptors (Lipinski definition) is 3. The Morgan fingerprint density at radius 1 is 1.00 bits per heavy atom. The molecule has 0 unspecified atom stereocenters. The van der Waals surface area contributed by atoms with E-state index in [1.165, 1.54) is 5.56 Å². The Morgan fingerprint density at radius 2 is 1.73 bits per heavy atom. The summed E-state index contributed by atoms with van der Waals surface area (Å²) in [7, 11) is 1.66. The molecule has 0 saturated carbocycles. The van der Waals surface area contributed by atoms with Crippen LogP contribution in [0.15, 0.2) is 66.7 Å². The lowest BCUT2D eigenvalue weighted by molar-refractivity contribution is 0.262. The van der Waals surface area contributed by atoms with Crippen LogP contribution in [0.2, 0.25) is 0 Å². The number of urea groups is 1. The maximum atomic E-state index is 12.6. The number of carbonyl (C=O) groups is 1. The Labute approximate surface area is 194 Å². The standard InChI is InChI=1S/C27H30N4O2/c1-5-31-24-16-22(33-4)13-14-23(24)25(28)26(31)19-7-6-8-21(15-19)30-27(32)29-20-11-9-18(10-12-20)17(2)3/h6-17H,5,28H2,1-4H3,(H2,29,30,32). The Kier molecular flexibility index (Phi) is 6.27. The first-order valence-corrected chi connectivity index (χ1v) is 11.1. The van der Waals surface area contributed by atoms with Crippen LogP contribution in [0.1, 0.15) is 32.3 Å². The van der Waals surface area contributed by atoms with Crippen LogP contribution in [0, 0.1) is 0 Å². The lowest BCUT2D eigenvalue weighted by atomic mass is 10.0. The number of nitrogens with one attached hydrogen (secondary N) is 2. The highest BCUT2D eigenvalue weighted by atomic mass is 16.5. The number of fused-ring (bicyclic) bond motifs is 1. The molecule has 0 saturated heterocycles. The molecule has 0 atom stereocenters. The summed E-state index contributed by atoms with van der Waals surface area (Å²) in [6.07, 6.45) is 0. The summed E-state index contributed by atoms with van der Waals surface area (Å²) in [6.45, 7) is 7.12. The molecule has 6 nitrogen and oxygen atoms in total. The highest BCUT2D eigenvalue weighted by molar-refractivity contribution is 6.03. The van der Waals surface area contributed by atoms with Gasteiger partial charge >= 0.3 is 6.03 Å². The molecule has 33 heavy (non-hydrogen) atoms. The SMILES string of the molecule is CCn1c(-c2cccc(NC(=O)Nc3ccc(C(C)C)cc3)c2)c(N)c2ccc(OC)cc21. The van der Waals surface area contributed by atoms with Crippen molar-refractivity contribution in [3.8, 4) is 17.0 Å². The van der Waals surface area contributed by atoms with Gasteiger partial charge in [-0.25, -0.2) is 4.79 Å². The molecule has 0 aliphatic heterocycles. The average molecular weight is 443 g/mol. The number of nitrogens with zero attached hydrogens (tertiary/aromatic N) is 1. The number of aryl methyl sites for hydroxylation is 1. The van der Waals surface area contributed by atoms with E-state index in [0.717, 1.165) is 40.1 Å². The number of nitrogen functional groups attached to an aromatic ring is 1. The van der Waals surface area contributed by atoms with E-state index in [2.05, 4.69) is 36.0 Å². The maximum absolute atomic E-state index is 12.6. The van der Waals surface area contributed by atoms with Crippen molar-refractivity contribution >= 4 is 34.0 Å². The first-order chi connectivity index (χ1) is 15.9. The van der Waals surface area contributed by atoms with E-state index in [9.17, 15) is 4.79 Å². The number of anilines is 3. The zero-order valence-corrected chi connectivity index (χ0v) is 19.5. The summed E-state index contributed by atoms with van der Waals surface area (Å²) >= 11 is 0. The Hall–Kier alpha value is -3.93. The first-order valence-electron chi connectivity index (χ1n) is 11.1. The fourth-order valence-electron chi connectivity index (χ4n) is 4.11. The van der Waals surface area contributed by atoms with Gasteiger partial charge in [-0.05, 0) is 54.8 Å². The fourth-order valence-corrected chi connectivity index (χ4v) is 4.11. The van der Waals surface area contributed by atoms with E-state index in [1.54, 1.807) is 7.11 Å². The van der Waals surface area contributed by atoms with Gasteiger partial charge in [0.2, 0.25) is 0 Å². The number of amides is 2. The van der Waals surface area contributed by atoms with Crippen molar-refractivity contribution in [1.29, 1.82) is 0 Å². The minimum Gasteiger partial charge on any atom is -0.497 e. The molecule has 6 heteroatoms. The third kappa shape index (κ3) is 4.51. The van der Waals surface area contributed by atoms with Crippen molar-refractivity contribution in [2.45, 2.75) is 33.2 Å². The first kappa shape index (κ1) is 22.3. The van der Waals surface area contributed by atoms with Gasteiger partial charge in [0.25, 0.3) is 0 Å². The molecule has 0 spiro atoms. The molecule has 0 bridgehead atoms. The molecule has 0 fully saturated rings.